The number of rotatable bonds is 8. The Balaban J connectivity index is 1.32. The van der Waals surface area contributed by atoms with Crippen molar-refractivity contribution >= 4 is 17.8 Å². The van der Waals surface area contributed by atoms with Crippen LogP contribution in [0.5, 0.6) is 11.5 Å². The quantitative estimate of drug-likeness (QED) is 0.512. The molecule has 30 heavy (non-hydrogen) atoms. The zero-order valence-electron chi connectivity index (χ0n) is 17.4. The van der Waals surface area contributed by atoms with Gasteiger partial charge in [0.1, 0.15) is 12.7 Å². The summed E-state index contributed by atoms with van der Waals surface area (Å²) in [7, 11) is 1.36. The van der Waals surface area contributed by atoms with Gasteiger partial charge in [-0.25, -0.2) is 0 Å². The number of nitrogens with zero attached hydrogens (tertiary/aromatic N) is 1. The first-order valence-electron chi connectivity index (χ1n) is 10.6. The summed E-state index contributed by atoms with van der Waals surface area (Å²) < 4.78 is 16.1. The molecule has 2 amide bonds. The molecule has 8 heteroatoms. The molecule has 1 atom stereocenters. The first-order valence-corrected chi connectivity index (χ1v) is 10.6. The number of ether oxygens (including phenoxy) is 3. The van der Waals surface area contributed by atoms with E-state index in [1.165, 1.54) is 7.11 Å². The molecule has 1 N–H and O–H groups in total. The molecule has 1 aromatic rings. The van der Waals surface area contributed by atoms with Gasteiger partial charge in [-0.2, -0.15) is 0 Å². The number of esters is 1. The lowest BCUT2D eigenvalue weighted by molar-refractivity contribution is -0.141. The molecule has 1 unspecified atom stereocenters. The van der Waals surface area contributed by atoms with E-state index in [-0.39, 0.29) is 29.8 Å². The van der Waals surface area contributed by atoms with Crippen LogP contribution in [0.15, 0.2) is 24.3 Å². The fraction of sp³-hybridized carbons (Fsp3) is 0.591. The number of likely N-dealkylation sites (tertiary alicyclic amines) is 1. The van der Waals surface area contributed by atoms with Crippen molar-refractivity contribution in [2.45, 2.75) is 44.6 Å². The number of amides is 2. The van der Waals surface area contributed by atoms with E-state index in [9.17, 15) is 14.4 Å². The first-order chi connectivity index (χ1) is 14.6. The van der Waals surface area contributed by atoms with Gasteiger partial charge in [0.15, 0.2) is 11.5 Å². The summed E-state index contributed by atoms with van der Waals surface area (Å²) in [6.45, 7) is 1.97. The second kappa shape index (κ2) is 10.8. The molecular weight excluding hydrogens is 388 g/mol. The molecular formula is C22H30N2O6. The molecule has 2 aliphatic rings. The predicted molar refractivity (Wildman–Crippen MR) is 109 cm³/mol. The Kier molecular flexibility index (Phi) is 7.93. The lowest BCUT2D eigenvalue weighted by Gasteiger charge is -2.32. The molecule has 8 nitrogen and oxygen atoms in total. The molecule has 0 saturated carbocycles. The van der Waals surface area contributed by atoms with Gasteiger partial charge in [-0.1, -0.05) is 12.1 Å². The van der Waals surface area contributed by atoms with Crippen molar-refractivity contribution < 1.29 is 28.6 Å². The smallest absolute Gasteiger partial charge is 0.305 e. The van der Waals surface area contributed by atoms with E-state index in [2.05, 4.69) is 10.1 Å². The maximum absolute atomic E-state index is 12.5. The minimum Gasteiger partial charge on any atom is -0.486 e. The van der Waals surface area contributed by atoms with E-state index in [0.717, 1.165) is 5.75 Å². The van der Waals surface area contributed by atoms with Crippen LogP contribution in [0.25, 0.3) is 0 Å². The number of piperidine rings is 1. The Labute approximate surface area is 176 Å². The predicted octanol–water partition coefficient (Wildman–Crippen LogP) is 1.91. The Hall–Kier alpha value is -2.77. The number of fused-ring (bicyclic) bond motifs is 1. The second-order valence-corrected chi connectivity index (χ2v) is 7.68. The van der Waals surface area contributed by atoms with Gasteiger partial charge in [0.05, 0.1) is 13.7 Å². The molecule has 2 aliphatic heterocycles. The number of hydrogen-bond acceptors (Lipinski definition) is 6. The molecule has 1 fully saturated rings. The minimum absolute atomic E-state index is 0.00244. The van der Waals surface area contributed by atoms with Gasteiger partial charge in [0.25, 0.3) is 0 Å². The Morgan fingerprint density at radius 1 is 1.10 bits per heavy atom. The van der Waals surface area contributed by atoms with Gasteiger partial charge < -0.3 is 24.4 Å². The summed E-state index contributed by atoms with van der Waals surface area (Å²) in [6.07, 6.45) is 3.18. The van der Waals surface area contributed by atoms with E-state index in [0.29, 0.717) is 70.5 Å². The molecule has 3 rings (SSSR count). The van der Waals surface area contributed by atoms with Crippen molar-refractivity contribution in [3.63, 3.8) is 0 Å². The third-order valence-corrected chi connectivity index (χ3v) is 5.54. The van der Waals surface area contributed by atoms with Gasteiger partial charge in [-0.3, -0.25) is 14.4 Å². The van der Waals surface area contributed by atoms with Crippen LogP contribution in [0.3, 0.4) is 0 Å². The molecule has 0 aromatic heterocycles. The van der Waals surface area contributed by atoms with E-state index in [1.54, 1.807) is 0 Å². The van der Waals surface area contributed by atoms with Gasteiger partial charge in [0.2, 0.25) is 11.8 Å². The summed E-state index contributed by atoms with van der Waals surface area (Å²) in [6, 6.07) is 7.49. The van der Waals surface area contributed by atoms with Crippen LogP contribution in [0.2, 0.25) is 0 Å². The van der Waals surface area contributed by atoms with Crippen molar-refractivity contribution in [2.24, 2.45) is 5.92 Å². The molecule has 0 bridgehead atoms. The monoisotopic (exact) mass is 418 g/mol. The van der Waals surface area contributed by atoms with E-state index in [1.807, 2.05) is 29.2 Å². The number of para-hydroxylation sites is 2. The molecule has 0 radical (unpaired) electrons. The van der Waals surface area contributed by atoms with Crippen LogP contribution >= 0.6 is 0 Å². The number of unbranched alkanes of at least 4 members (excludes halogenated alkanes) is 1. The number of carbonyl (C=O) groups is 3. The van der Waals surface area contributed by atoms with E-state index in [4.69, 9.17) is 9.47 Å². The molecule has 1 saturated heterocycles. The third-order valence-electron chi connectivity index (χ3n) is 5.54. The van der Waals surface area contributed by atoms with Crippen molar-refractivity contribution in [2.75, 3.05) is 33.4 Å². The van der Waals surface area contributed by atoms with Gasteiger partial charge >= 0.3 is 5.97 Å². The Morgan fingerprint density at radius 3 is 2.53 bits per heavy atom. The van der Waals surface area contributed by atoms with Crippen molar-refractivity contribution in [1.29, 1.82) is 0 Å². The summed E-state index contributed by atoms with van der Waals surface area (Å²) in [4.78, 5) is 37.7. The summed E-state index contributed by atoms with van der Waals surface area (Å²) in [5.74, 6) is 1.17. The maximum Gasteiger partial charge on any atom is 0.305 e. The van der Waals surface area contributed by atoms with Gasteiger partial charge in [-0.15, -0.1) is 0 Å². The zero-order valence-corrected chi connectivity index (χ0v) is 17.4. The Morgan fingerprint density at radius 2 is 1.80 bits per heavy atom. The average molecular weight is 418 g/mol. The van der Waals surface area contributed by atoms with Crippen molar-refractivity contribution in [3.8, 4) is 11.5 Å². The highest BCUT2D eigenvalue weighted by atomic mass is 16.6. The number of hydrogen-bond donors (Lipinski definition) is 1. The van der Waals surface area contributed by atoms with Crippen LogP contribution in [0.1, 0.15) is 38.5 Å². The first kappa shape index (κ1) is 21.9. The molecule has 1 aromatic carbocycles. The largest absolute Gasteiger partial charge is 0.486 e. The standard InChI is InChI=1S/C22H30N2O6/c1-28-21(26)9-5-4-8-20(25)24-12-10-16(11-13-24)22(27)23-14-17-15-29-18-6-2-3-7-19(18)30-17/h2-3,6-7,16-17H,4-5,8-15H2,1H3,(H,23,27). The van der Waals surface area contributed by atoms with Gasteiger partial charge in [0, 0.05) is 31.8 Å². The number of nitrogens with one attached hydrogen (secondary N) is 1. The molecule has 164 valence electrons. The SMILES string of the molecule is COC(=O)CCCCC(=O)N1CCC(C(=O)NCC2COc3ccccc3O2)CC1. The minimum atomic E-state index is -0.247. The maximum atomic E-state index is 12.5. The molecule has 0 aliphatic carbocycles. The number of carbonyl (C=O) groups excluding carboxylic acids is 3. The zero-order chi connectivity index (χ0) is 21.3. The third kappa shape index (κ3) is 6.11. The topological polar surface area (TPSA) is 94.2 Å². The Bertz CT molecular complexity index is 745. The van der Waals surface area contributed by atoms with Crippen LogP contribution in [0, 0.1) is 5.92 Å². The van der Waals surface area contributed by atoms with Gasteiger partial charge in [-0.05, 0) is 37.8 Å². The highest BCUT2D eigenvalue weighted by Gasteiger charge is 2.28. The number of methoxy groups -OCH3 is 1. The van der Waals surface area contributed by atoms with Crippen LogP contribution in [-0.4, -0.2) is 62.1 Å². The van der Waals surface area contributed by atoms with Crippen molar-refractivity contribution in [3.05, 3.63) is 24.3 Å². The number of benzene rings is 1. The van der Waals surface area contributed by atoms with E-state index >= 15 is 0 Å². The van der Waals surface area contributed by atoms with Crippen LogP contribution in [-0.2, 0) is 19.1 Å². The average Bonchev–Trinajstić information content (AvgIpc) is 2.79. The summed E-state index contributed by atoms with van der Waals surface area (Å²) >= 11 is 0. The molecule has 2 heterocycles. The fourth-order valence-electron chi connectivity index (χ4n) is 3.72. The normalized spacial score (nSPS) is 18.6. The van der Waals surface area contributed by atoms with Crippen molar-refractivity contribution in [1.82, 2.24) is 10.2 Å². The summed E-state index contributed by atoms with van der Waals surface area (Å²) in [5.41, 5.74) is 0. The lowest BCUT2D eigenvalue weighted by Crippen LogP contribution is -2.46. The van der Waals surface area contributed by atoms with E-state index < -0.39 is 0 Å². The highest BCUT2D eigenvalue weighted by Crippen LogP contribution is 2.30. The summed E-state index contributed by atoms with van der Waals surface area (Å²) in [5, 5.41) is 2.96. The molecule has 0 spiro atoms. The second-order valence-electron chi connectivity index (χ2n) is 7.68. The lowest BCUT2D eigenvalue weighted by atomic mass is 9.95. The van der Waals surface area contributed by atoms with Crippen LogP contribution < -0.4 is 14.8 Å². The highest BCUT2D eigenvalue weighted by molar-refractivity contribution is 5.80. The van der Waals surface area contributed by atoms with Crippen LogP contribution in [0.4, 0.5) is 0 Å². The fourth-order valence-corrected chi connectivity index (χ4v) is 3.72.